The van der Waals surface area contributed by atoms with Crippen molar-refractivity contribution in [2.24, 2.45) is 0 Å². The molecule has 2 nitrogen and oxygen atoms in total. The van der Waals surface area contributed by atoms with Crippen LogP contribution in [0, 0.1) is 6.92 Å². The molecule has 0 aliphatic rings. The number of aromatic nitrogens is 1. The van der Waals surface area contributed by atoms with Crippen molar-refractivity contribution in [1.29, 1.82) is 0 Å². The summed E-state index contributed by atoms with van der Waals surface area (Å²) >= 11 is 3.30. The monoisotopic (exact) mass is 188 g/mol. The van der Waals surface area contributed by atoms with Gasteiger partial charge in [0.25, 0.3) is 0 Å². The van der Waals surface area contributed by atoms with Gasteiger partial charge in [-0.05, 0) is 6.92 Å². The van der Waals surface area contributed by atoms with Crippen LogP contribution in [-0.4, -0.2) is 5.21 Å². The highest BCUT2D eigenvalue weighted by Gasteiger charge is 1.99. The van der Waals surface area contributed by atoms with Gasteiger partial charge in [0.05, 0.1) is 0 Å². The molecular weight excluding hydrogens is 182 g/mol. The van der Waals surface area contributed by atoms with Gasteiger partial charge in [-0.1, -0.05) is 15.9 Å². The van der Waals surface area contributed by atoms with E-state index in [4.69, 9.17) is 5.21 Å². The van der Waals surface area contributed by atoms with Crippen molar-refractivity contribution >= 4 is 15.9 Å². The summed E-state index contributed by atoms with van der Waals surface area (Å²) in [6.07, 6.45) is 3.20. The Labute approximate surface area is 61.8 Å². The van der Waals surface area contributed by atoms with Crippen LogP contribution >= 0.6 is 15.9 Å². The SMILES string of the molecule is Cc1c[n+](O)ccc1Br. The van der Waals surface area contributed by atoms with Crippen molar-refractivity contribution in [3.05, 3.63) is 28.5 Å². The van der Waals surface area contributed by atoms with E-state index in [9.17, 15) is 0 Å². The van der Waals surface area contributed by atoms with Gasteiger partial charge in [-0.2, -0.15) is 0 Å². The largest absolute Gasteiger partial charge is 0.285 e. The lowest BCUT2D eigenvalue weighted by Crippen LogP contribution is -2.28. The number of aryl methyl sites for hydroxylation is 1. The molecule has 0 unspecified atom stereocenters. The average molecular weight is 189 g/mol. The first-order valence-corrected chi connectivity index (χ1v) is 3.36. The average Bonchev–Trinajstić information content (AvgIpc) is 1.80. The van der Waals surface area contributed by atoms with Crippen LogP contribution in [0.15, 0.2) is 22.9 Å². The highest BCUT2D eigenvalue weighted by molar-refractivity contribution is 9.10. The first-order chi connectivity index (χ1) is 4.20. The standard InChI is InChI=1S/C6H7BrNO/c1-5-4-8(9)3-2-6(5)7/h2-4,9H,1H3/q+1. The van der Waals surface area contributed by atoms with Gasteiger partial charge >= 0.3 is 0 Å². The molecule has 1 aromatic rings. The Morgan fingerprint density at radius 3 is 2.78 bits per heavy atom. The van der Waals surface area contributed by atoms with Crippen LogP contribution in [0.3, 0.4) is 0 Å². The summed E-state index contributed by atoms with van der Waals surface area (Å²) in [6.45, 7) is 1.91. The molecule has 1 rings (SSSR count). The zero-order valence-corrected chi connectivity index (χ0v) is 6.59. The summed E-state index contributed by atoms with van der Waals surface area (Å²) in [5, 5.41) is 8.83. The van der Waals surface area contributed by atoms with Gasteiger partial charge in [-0.15, -0.1) is 0 Å². The number of hydrogen-bond acceptors (Lipinski definition) is 1. The summed E-state index contributed by atoms with van der Waals surface area (Å²) in [5.41, 5.74) is 1.01. The second-order valence-corrected chi connectivity index (χ2v) is 2.71. The topological polar surface area (TPSA) is 24.1 Å². The fraction of sp³-hybridized carbons (Fsp3) is 0.167. The Hall–Kier alpha value is -0.570. The normalized spacial score (nSPS) is 9.56. The van der Waals surface area contributed by atoms with Gasteiger partial charge in [0.2, 0.25) is 12.4 Å². The summed E-state index contributed by atoms with van der Waals surface area (Å²) in [4.78, 5) is 0. The van der Waals surface area contributed by atoms with Gasteiger partial charge in [0.15, 0.2) is 0 Å². The number of hydrogen-bond donors (Lipinski definition) is 1. The van der Waals surface area contributed by atoms with Gasteiger partial charge in [0.1, 0.15) is 0 Å². The predicted octanol–water partition coefficient (Wildman–Crippen LogP) is 1.28. The third-order valence-corrected chi connectivity index (χ3v) is 1.97. The number of rotatable bonds is 0. The van der Waals surface area contributed by atoms with E-state index in [1.165, 1.54) is 0 Å². The molecule has 0 amide bonds. The van der Waals surface area contributed by atoms with Crippen LogP contribution in [0.1, 0.15) is 5.56 Å². The molecule has 0 aliphatic heterocycles. The maximum absolute atomic E-state index is 8.83. The molecule has 0 aliphatic carbocycles. The van der Waals surface area contributed by atoms with E-state index in [0.29, 0.717) is 0 Å². The minimum absolute atomic E-state index is 1.01. The number of pyridine rings is 1. The Morgan fingerprint density at radius 1 is 1.67 bits per heavy atom. The molecule has 3 heteroatoms. The van der Waals surface area contributed by atoms with Gasteiger partial charge in [0, 0.05) is 20.8 Å². The molecule has 0 atom stereocenters. The van der Waals surface area contributed by atoms with Crippen molar-refractivity contribution in [1.82, 2.24) is 0 Å². The summed E-state index contributed by atoms with van der Waals surface area (Å²) in [7, 11) is 0. The van der Waals surface area contributed by atoms with Crippen molar-refractivity contribution < 1.29 is 9.94 Å². The molecule has 1 N–H and O–H groups in total. The van der Waals surface area contributed by atoms with Crippen LogP contribution in [0.5, 0.6) is 0 Å². The van der Waals surface area contributed by atoms with E-state index in [0.717, 1.165) is 14.8 Å². The number of halogens is 1. The minimum Gasteiger partial charge on any atom is -0.285 e. The van der Waals surface area contributed by atoms with E-state index < -0.39 is 0 Å². The highest BCUT2D eigenvalue weighted by atomic mass is 79.9. The fourth-order valence-corrected chi connectivity index (χ4v) is 0.797. The maximum Gasteiger partial charge on any atom is 0.226 e. The van der Waals surface area contributed by atoms with Gasteiger partial charge in [-0.3, -0.25) is 5.21 Å². The summed E-state index contributed by atoms with van der Waals surface area (Å²) < 4.78 is 2.04. The molecule has 1 aromatic heterocycles. The molecule has 0 aromatic carbocycles. The van der Waals surface area contributed by atoms with Crippen LogP contribution in [0.2, 0.25) is 0 Å². The molecule has 0 spiro atoms. The van der Waals surface area contributed by atoms with Crippen molar-refractivity contribution in [2.45, 2.75) is 6.92 Å². The van der Waals surface area contributed by atoms with Gasteiger partial charge in [-0.25, -0.2) is 0 Å². The lowest BCUT2D eigenvalue weighted by Gasteiger charge is -1.89. The van der Waals surface area contributed by atoms with Crippen LogP contribution in [0.4, 0.5) is 0 Å². The number of nitrogens with zero attached hydrogens (tertiary/aromatic N) is 1. The Kier molecular flexibility index (Phi) is 1.71. The van der Waals surface area contributed by atoms with Crippen molar-refractivity contribution in [3.63, 3.8) is 0 Å². The molecule has 9 heavy (non-hydrogen) atoms. The predicted molar refractivity (Wildman–Crippen MR) is 36.3 cm³/mol. The molecule has 0 radical (unpaired) electrons. The Balaban J connectivity index is 3.17. The Morgan fingerprint density at radius 2 is 2.33 bits per heavy atom. The first kappa shape index (κ1) is 6.55. The van der Waals surface area contributed by atoms with Crippen LogP contribution in [-0.2, 0) is 0 Å². The smallest absolute Gasteiger partial charge is 0.226 e. The second kappa shape index (κ2) is 2.35. The molecule has 0 saturated carbocycles. The van der Waals surface area contributed by atoms with E-state index in [-0.39, 0.29) is 0 Å². The molecule has 0 bridgehead atoms. The summed E-state index contributed by atoms with van der Waals surface area (Å²) in [6, 6.07) is 1.79. The van der Waals surface area contributed by atoms with Gasteiger partial charge < -0.3 is 0 Å². The van der Waals surface area contributed by atoms with Crippen molar-refractivity contribution in [3.8, 4) is 0 Å². The third-order valence-electron chi connectivity index (χ3n) is 1.08. The van der Waals surface area contributed by atoms with E-state index in [1.54, 1.807) is 18.5 Å². The summed E-state index contributed by atoms with van der Waals surface area (Å²) in [5.74, 6) is 0. The molecule has 0 fully saturated rings. The highest BCUT2D eigenvalue weighted by Crippen LogP contribution is 2.10. The second-order valence-electron chi connectivity index (χ2n) is 1.86. The molecule has 1 heterocycles. The quantitative estimate of drug-likeness (QED) is 0.482. The first-order valence-electron chi connectivity index (χ1n) is 2.57. The zero-order chi connectivity index (χ0) is 6.85. The zero-order valence-electron chi connectivity index (χ0n) is 5.00. The molecular formula is C6H7BrNO+. The molecule has 48 valence electrons. The fourth-order valence-electron chi connectivity index (χ4n) is 0.576. The minimum atomic E-state index is 1.01. The van der Waals surface area contributed by atoms with E-state index in [2.05, 4.69) is 15.9 Å². The lowest BCUT2D eigenvalue weighted by atomic mass is 10.3. The Bertz CT molecular complexity index is 224. The van der Waals surface area contributed by atoms with Crippen LogP contribution in [0.25, 0.3) is 0 Å². The maximum atomic E-state index is 8.83. The van der Waals surface area contributed by atoms with Crippen molar-refractivity contribution in [2.75, 3.05) is 0 Å². The van der Waals surface area contributed by atoms with E-state index >= 15 is 0 Å². The third kappa shape index (κ3) is 1.42. The van der Waals surface area contributed by atoms with Crippen LogP contribution < -0.4 is 4.73 Å². The molecule has 0 saturated heterocycles. The van der Waals surface area contributed by atoms with E-state index in [1.807, 2.05) is 6.92 Å². The lowest BCUT2D eigenvalue weighted by molar-refractivity contribution is -0.905.